The molecule has 0 fully saturated rings. The van der Waals surface area contributed by atoms with Crippen molar-refractivity contribution in [3.05, 3.63) is 83.3 Å². The second-order valence-corrected chi connectivity index (χ2v) is 6.87. The smallest absolute Gasteiger partial charge is 0.127 e. The minimum atomic E-state index is -0.549. The first-order valence-corrected chi connectivity index (χ1v) is 8.31. The van der Waals surface area contributed by atoms with E-state index in [1.165, 1.54) is 17.2 Å². The highest BCUT2D eigenvalue weighted by atomic mass is 32.1. The fraction of sp³-hybridized carbons (Fsp3) is 0.238. The zero-order chi connectivity index (χ0) is 16.8. The van der Waals surface area contributed by atoms with Crippen molar-refractivity contribution in [2.24, 2.45) is 5.92 Å². The lowest BCUT2D eigenvalue weighted by molar-refractivity contribution is 0.587. The van der Waals surface area contributed by atoms with Gasteiger partial charge in [0, 0.05) is 16.2 Å². The molecule has 0 spiro atoms. The van der Waals surface area contributed by atoms with Gasteiger partial charge in [-0.15, -0.1) is 12.6 Å². The van der Waals surface area contributed by atoms with Crippen molar-refractivity contribution >= 4 is 18.2 Å². The first-order valence-electron chi connectivity index (χ1n) is 7.86. The molecule has 0 bridgehead atoms. The fourth-order valence-corrected chi connectivity index (χ4v) is 3.87. The molecule has 2 atom stereocenters. The molecule has 3 rings (SSSR count). The molecule has 0 radical (unpaired) electrons. The van der Waals surface area contributed by atoms with Gasteiger partial charge in [-0.1, -0.05) is 43.9 Å². The molecule has 0 heterocycles. The second kappa shape index (κ2) is 5.68. The summed E-state index contributed by atoms with van der Waals surface area (Å²) in [5, 5.41) is 0. The first kappa shape index (κ1) is 16.1. The third-order valence-electron chi connectivity index (χ3n) is 4.99. The van der Waals surface area contributed by atoms with Crippen LogP contribution >= 0.6 is 12.6 Å². The average Bonchev–Trinajstić information content (AvgIpc) is 3.03. The molecule has 0 aromatic heterocycles. The Balaban J connectivity index is 2.22. The number of benzene rings is 1. The molecule has 0 amide bonds. The van der Waals surface area contributed by atoms with Crippen molar-refractivity contribution in [2.75, 3.05) is 0 Å². The van der Waals surface area contributed by atoms with Crippen LogP contribution in [0, 0.1) is 5.92 Å². The Morgan fingerprint density at radius 1 is 1.39 bits per heavy atom. The molecule has 0 saturated carbocycles. The van der Waals surface area contributed by atoms with Gasteiger partial charge in [-0.2, -0.15) is 0 Å². The van der Waals surface area contributed by atoms with E-state index in [1.54, 1.807) is 6.08 Å². The van der Waals surface area contributed by atoms with Crippen molar-refractivity contribution in [1.82, 2.24) is 0 Å². The Morgan fingerprint density at radius 2 is 2.13 bits per heavy atom. The Hall–Kier alpha value is -1.80. The molecule has 2 heteroatoms. The highest BCUT2D eigenvalue weighted by Gasteiger charge is 2.45. The summed E-state index contributed by atoms with van der Waals surface area (Å²) in [7, 11) is 0. The number of halogens is 1. The van der Waals surface area contributed by atoms with Crippen LogP contribution in [0.3, 0.4) is 0 Å². The van der Waals surface area contributed by atoms with Gasteiger partial charge in [0.05, 0.1) is 0 Å². The predicted molar refractivity (Wildman–Crippen MR) is 99.4 cm³/mol. The van der Waals surface area contributed by atoms with E-state index in [0.717, 1.165) is 16.0 Å². The molecule has 1 aromatic carbocycles. The summed E-state index contributed by atoms with van der Waals surface area (Å²) in [6.45, 7) is 10.2. The van der Waals surface area contributed by atoms with Crippen LogP contribution in [0.4, 0.5) is 4.39 Å². The molecule has 2 unspecified atom stereocenters. The lowest BCUT2D eigenvalue weighted by Crippen LogP contribution is -2.24. The molecule has 1 aromatic rings. The van der Waals surface area contributed by atoms with Crippen molar-refractivity contribution in [3.63, 3.8) is 0 Å². The summed E-state index contributed by atoms with van der Waals surface area (Å²) in [4.78, 5) is 0.887. The van der Waals surface area contributed by atoms with Crippen LogP contribution in [0.5, 0.6) is 0 Å². The molecule has 0 saturated heterocycles. The van der Waals surface area contributed by atoms with E-state index >= 15 is 0 Å². The minimum Gasteiger partial charge on any atom is -0.207 e. The van der Waals surface area contributed by atoms with Gasteiger partial charge >= 0.3 is 0 Å². The van der Waals surface area contributed by atoms with Gasteiger partial charge in [0.2, 0.25) is 0 Å². The molecule has 23 heavy (non-hydrogen) atoms. The third-order valence-corrected chi connectivity index (χ3v) is 5.27. The number of hydrogen-bond acceptors (Lipinski definition) is 1. The lowest BCUT2D eigenvalue weighted by Gasteiger charge is -2.30. The first-order chi connectivity index (χ1) is 10.9. The topological polar surface area (TPSA) is 0 Å². The highest BCUT2D eigenvalue weighted by molar-refractivity contribution is 7.80. The quantitative estimate of drug-likeness (QED) is 0.497. The zero-order valence-electron chi connectivity index (χ0n) is 13.7. The van der Waals surface area contributed by atoms with E-state index in [4.69, 9.17) is 0 Å². The van der Waals surface area contributed by atoms with Gasteiger partial charge in [0.15, 0.2) is 0 Å². The van der Waals surface area contributed by atoms with Crippen LogP contribution in [0.2, 0.25) is 0 Å². The van der Waals surface area contributed by atoms with Gasteiger partial charge in [0.25, 0.3) is 0 Å². The monoisotopic (exact) mass is 324 g/mol. The fourth-order valence-electron chi connectivity index (χ4n) is 3.67. The maximum absolute atomic E-state index is 14.7. The van der Waals surface area contributed by atoms with Crippen molar-refractivity contribution in [1.29, 1.82) is 0 Å². The van der Waals surface area contributed by atoms with Gasteiger partial charge in [0.1, 0.15) is 5.83 Å². The summed E-state index contributed by atoms with van der Waals surface area (Å²) >= 11 is 4.48. The molecule has 2 aliphatic rings. The SMILES string of the molecule is C=C(/C(F)=C\C=C/C)C1(C)C2=C(c3ccc(S)cc31)C(C)C=C2. The van der Waals surface area contributed by atoms with Crippen LogP contribution in [0.15, 0.2) is 77.0 Å². The number of fused-ring (bicyclic) bond motifs is 2. The zero-order valence-corrected chi connectivity index (χ0v) is 14.6. The standard InChI is InChI=1S/C21H21FS/c1-5-6-7-19(22)14(3)21(4)17-11-8-13(2)20(17)16-10-9-15(23)12-18(16)21/h5-13,23H,3H2,1-2,4H3/b6-5-,19-7+. The third kappa shape index (κ3) is 2.28. The summed E-state index contributed by atoms with van der Waals surface area (Å²) in [6, 6.07) is 6.15. The number of rotatable bonds is 3. The number of hydrogen-bond donors (Lipinski definition) is 1. The van der Waals surface area contributed by atoms with Crippen molar-refractivity contribution in [2.45, 2.75) is 31.1 Å². The largest absolute Gasteiger partial charge is 0.207 e. The highest BCUT2D eigenvalue weighted by Crippen LogP contribution is 2.56. The Kier molecular flexibility index (Phi) is 3.97. The summed E-state index contributed by atoms with van der Waals surface area (Å²) in [5.41, 5.74) is 4.69. The van der Waals surface area contributed by atoms with E-state index in [1.807, 2.05) is 25.1 Å². The maximum atomic E-state index is 14.7. The Morgan fingerprint density at radius 3 is 2.83 bits per heavy atom. The van der Waals surface area contributed by atoms with Crippen LogP contribution in [-0.2, 0) is 5.41 Å². The van der Waals surface area contributed by atoms with Gasteiger partial charge in [-0.05, 0) is 59.9 Å². The van der Waals surface area contributed by atoms with E-state index < -0.39 is 5.41 Å². The minimum absolute atomic E-state index is 0.275. The Labute approximate surface area is 143 Å². The van der Waals surface area contributed by atoms with Gasteiger partial charge in [-0.25, -0.2) is 4.39 Å². The van der Waals surface area contributed by atoms with E-state index in [0.29, 0.717) is 11.5 Å². The molecule has 118 valence electrons. The number of allylic oxidation sites excluding steroid dienone is 9. The van der Waals surface area contributed by atoms with Crippen LogP contribution in [-0.4, -0.2) is 0 Å². The van der Waals surface area contributed by atoms with E-state index in [2.05, 4.69) is 51.3 Å². The molecular weight excluding hydrogens is 303 g/mol. The number of thiol groups is 1. The molecule has 0 nitrogen and oxygen atoms in total. The van der Waals surface area contributed by atoms with Gasteiger partial charge in [-0.3, -0.25) is 0 Å². The maximum Gasteiger partial charge on any atom is 0.127 e. The summed E-state index contributed by atoms with van der Waals surface area (Å²) < 4.78 is 14.7. The molecule has 2 aliphatic carbocycles. The molecular formula is C21H21FS. The van der Waals surface area contributed by atoms with Crippen molar-refractivity contribution < 1.29 is 4.39 Å². The van der Waals surface area contributed by atoms with Crippen LogP contribution in [0.1, 0.15) is 31.9 Å². The van der Waals surface area contributed by atoms with Crippen LogP contribution in [0.25, 0.3) is 5.57 Å². The Bertz CT molecular complexity index is 807. The second-order valence-electron chi connectivity index (χ2n) is 6.35. The van der Waals surface area contributed by atoms with E-state index in [-0.39, 0.29) is 5.83 Å². The predicted octanol–water partition coefficient (Wildman–Crippen LogP) is 6.19. The van der Waals surface area contributed by atoms with Crippen molar-refractivity contribution in [3.8, 4) is 0 Å². The molecule has 0 aliphatic heterocycles. The summed E-state index contributed by atoms with van der Waals surface area (Å²) in [5.74, 6) is 0.0644. The molecule has 0 N–H and O–H groups in total. The average molecular weight is 324 g/mol. The normalized spacial score (nSPS) is 26.1. The summed E-state index contributed by atoms with van der Waals surface area (Å²) in [6.07, 6.45) is 9.31. The lowest BCUT2D eigenvalue weighted by atomic mass is 9.73. The van der Waals surface area contributed by atoms with Gasteiger partial charge < -0.3 is 0 Å². The van der Waals surface area contributed by atoms with E-state index in [9.17, 15) is 4.39 Å². The van der Waals surface area contributed by atoms with Crippen LogP contribution < -0.4 is 0 Å².